The fourth-order valence-electron chi connectivity index (χ4n) is 1.78. The molecule has 0 aliphatic heterocycles. The molecule has 2 N–H and O–H groups in total. The van der Waals surface area contributed by atoms with Crippen LogP contribution >= 0.6 is 0 Å². The number of likely N-dealkylation sites (N-methyl/N-ethyl adjacent to an activating group) is 1. The molecule has 116 valence electrons. The number of nitrogens with zero attached hydrogens (tertiary/aromatic N) is 1. The number of aliphatic hydroxyl groups is 1. The molecular weight excluding hydrogens is 287 g/mol. The first-order chi connectivity index (χ1) is 10.6. The second kappa shape index (κ2) is 7.42. The first-order valence-corrected chi connectivity index (χ1v) is 6.75. The van der Waals surface area contributed by atoms with E-state index in [2.05, 4.69) is 5.32 Å². The number of benzene rings is 2. The quantitative estimate of drug-likeness (QED) is 0.892. The Hall–Kier alpha value is -2.60. The number of halogens is 1. The summed E-state index contributed by atoms with van der Waals surface area (Å²) in [4.78, 5) is 13.3. The lowest BCUT2D eigenvalue weighted by atomic mass is 10.3. The molecule has 0 atom stereocenters. The Morgan fingerprint density at radius 1 is 1.27 bits per heavy atom. The lowest BCUT2D eigenvalue weighted by Gasteiger charge is -2.18. The maximum absolute atomic E-state index is 13.2. The topological polar surface area (TPSA) is 61.8 Å². The molecule has 5 nitrogen and oxygen atoms in total. The Bertz CT molecular complexity index is 649. The van der Waals surface area contributed by atoms with Crippen LogP contribution in [0.4, 0.5) is 14.9 Å². The van der Waals surface area contributed by atoms with Gasteiger partial charge in [0.25, 0.3) is 0 Å². The number of amides is 2. The number of nitrogens with one attached hydrogen (secondary N) is 1. The van der Waals surface area contributed by atoms with E-state index in [1.54, 1.807) is 43.4 Å². The smallest absolute Gasteiger partial charge is 0.321 e. The number of aliphatic hydroxyl groups excluding tert-OH is 1. The van der Waals surface area contributed by atoms with Gasteiger partial charge in [0.2, 0.25) is 0 Å². The molecule has 0 spiro atoms. The van der Waals surface area contributed by atoms with Gasteiger partial charge in [-0.25, -0.2) is 9.18 Å². The summed E-state index contributed by atoms with van der Waals surface area (Å²) in [6.45, 7) is 0.101. The first-order valence-electron chi connectivity index (χ1n) is 6.75. The summed E-state index contributed by atoms with van der Waals surface area (Å²) in [6, 6.07) is 12.2. The zero-order valence-electron chi connectivity index (χ0n) is 12.1. The van der Waals surface area contributed by atoms with Crippen molar-refractivity contribution < 1.29 is 19.0 Å². The van der Waals surface area contributed by atoms with E-state index in [1.807, 2.05) is 0 Å². The van der Waals surface area contributed by atoms with E-state index in [1.165, 1.54) is 17.0 Å². The number of ether oxygens (including phenoxy) is 1. The third-order valence-corrected chi connectivity index (χ3v) is 2.93. The Labute approximate surface area is 127 Å². The number of rotatable bonds is 5. The minimum absolute atomic E-state index is 0.120. The largest absolute Gasteiger partial charge is 0.455 e. The average molecular weight is 304 g/mol. The third-order valence-electron chi connectivity index (χ3n) is 2.93. The molecule has 0 saturated carbocycles. The molecule has 0 saturated heterocycles. The van der Waals surface area contributed by atoms with Crippen molar-refractivity contribution in [2.45, 2.75) is 0 Å². The molecule has 0 radical (unpaired) electrons. The van der Waals surface area contributed by atoms with E-state index in [0.717, 1.165) is 0 Å². The zero-order chi connectivity index (χ0) is 15.9. The summed E-state index contributed by atoms with van der Waals surface area (Å²) in [5.74, 6) is 0.339. The predicted molar refractivity (Wildman–Crippen MR) is 81.7 cm³/mol. The van der Waals surface area contributed by atoms with Gasteiger partial charge in [0.1, 0.15) is 11.6 Å². The van der Waals surface area contributed by atoms with Crippen LogP contribution < -0.4 is 10.1 Å². The van der Waals surface area contributed by atoms with Gasteiger partial charge in [-0.3, -0.25) is 0 Å². The number of carbonyl (C=O) groups excluding carboxylic acids is 1. The monoisotopic (exact) mass is 304 g/mol. The van der Waals surface area contributed by atoms with Crippen molar-refractivity contribution in [3.05, 3.63) is 54.3 Å². The molecule has 2 amide bonds. The number of para-hydroxylation sites is 2. The first kappa shape index (κ1) is 15.8. The van der Waals surface area contributed by atoms with Crippen molar-refractivity contribution in [1.29, 1.82) is 0 Å². The molecule has 0 aromatic heterocycles. The minimum Gasteiger partial charge on any atom is -0.455 e. The van der Waals surface area contributed by atoms with Gasteiger partial charge in [0.05, 0.1) is 12.3 Å². The summed E-state index contributed by atoms with van der Waals surface area (Å²) in [6.07, 6.45) is 0. The van der Waals surface area contributed by atoms with Crippen LogP contribution in [-0.4, -0.2) is 36.2 Å². The third kappa shape index (κ3) is 4.20. The van der Waals surface area contributed by atoms with Crippen molar-refractivity contribution >= 4 is 11.7 Å². The van der Waals surface area contributed by atoms with Gasteiger partial charge in [0.15, 0.2) is 5.75 Å². The van der Waals surface area contributed by atoms with Crippen LogP contribution in [0.25, 0.3) is 0 Å². The highest BCUT2D eigenvalue weighted by molar-refractivity contribution is 5.90. The van der Waals surface area contributed by atoms with Crippen molar-refractivity contribution in [1.82, 2.24) is 4.90 Å². The van der Waals surface area contributed by atoms with Gasteiger partial charge in [0, 0.05) is 19.7 Å². The van der Waals surface area contributed by atoms with Crippen molar-refractivity contribution in [3.8, 4) is 11.5 Å². The molecule has 22 heavy (non-hydrogen) atoms. The van der Waals surface area contributed by atoms with Crippen LogP contribution in [0.1, 0.15) is 0 Å². The summed E-state index contributed by atoms with van der Waals surface area (Å²) >= 11 is 0. The van der Waals surface area contributed by atoms with Gasteiger partial charge in [-0.2, -0.15) is 0 Å². The number of hydrogen-bond acceptors (Lipinski definition) is 3. The molecule has 6 heteroatoms. The fraction of sp³-hybridized carbons (Fsp3) is 0.188. The number of hydrogen-bond donors (Lipinski definition) is 2. The lowest BCUT2D eigenvalue weighted by molar-refractivity contribution is 0.202. The Balaban J connectivity index is 2.15. The minimum atomic E-state index is -0.401. The van der Waals surface area contributed by atoms with Crippen LogP contribution in [0.15, 0.2) is 48.5 Å². The van der Waals surface area contributed by atoms with E-state index in [4.69, 9.17) is 9.84 Å². The van der Waals surface area contributed by atoms with Crippen LogP contribution in [0, 0.1) is 5.82 Å². The van der Waals surface area contributed by atoms with Gasteiger partial charge >= 0.3 is 6.03 Å². The molecule has 0 bridgehead atoms. The highest BCUT2D eigenvalue weighted by atomic mass is 19.1. The fourth-order valence-corrected chi connectivity index (χ4v) is 1.78. The molecular formula is C16H17FN2O3. The summed E-state index contributed by atoms with van der Waals surface area (Å²) in [5, 5.41) is 11.5. The number of carbonyl (C=O) groups is 1. The van der Waals surface area contributed by atoms with Crippen molar-refractivity contribution in [2.75, 3.05) is 25.5 Å². The Kier molecular flexibility index (Phi) is 5.32. The van der Waals surface area contributed by atoms with Gasteiger partial charge in [-0.05, 0) is 24.3 Å². The summed E-state index contributed by atoms with van der Waals surface area (Å²) < 4.78 is 18.8. The summed E-state index contributed by atoms with van der Waals surface area (Å²) in [5.41, 5.74) is 0.460. The second-order valence-electron chi connectivity index (χ2n) is 4.63. The van der Waals surface area contributed by atoms with E-state index in [0.29, 0.717) is 17.2 Å². The second-order valence-corrected chi connectivity index (χ2v) is 4.63. The number of urea groups is 1. The summed E-state index contributed by atoms with van der Waals surface area (Å²) in [7, 11) is 1.57. The van der Waals surface area contributed by atoms with E-state index in [-0.39, 0.29) is 19.2 Å². The average Bonchev–Trinajstić information content (AvgIpc) is 2.49. The van der Waals surface area contributed by atoms with Crippen molar-refractivity contribution in [2.24, 2.45) is 0 Å². The van der Waals surface area contributed by atoms with Crippen LogP contribution in [0.5, 0.6) is 11.5 Å². The maximum Gasteiger partial charge on any atom is 0.321 e. The molecule has 0 fully saturated rings. The van der Waals surface area contributed by atoms with Crippen LogP contribution in [0.2, 0.25) is 0 Å². The molecule has 2 rings (SSSR count). The van der Waals surface area contributed by atoms with Gasteiger partial charge in [-0.1, -0.05) is 18.2 Å². The Morgan fingerprint density at radius 3 is 2.77 bits per heavy atom. The number of anilines is 1. The maximum atomic E-state index is 13.2. The standard InChI is InChI=1S/C16H17FN2O3/c1-19(9-10-20)16(21)18-14-7-2-3-8-15(14)22-13-6-4-5-12(17)11-13/h2-8,11,20H,9-10H2,1H3,(H,18,21). The van der Waals surface area contributed by atoms with Crippen molar-refractivity contribution in [3.63, 3.8) is 0 Å². The van der Waals surface area contributed by atoms with E-state index in [9.17, 15) is 9.18 Å². The zero-order valence-corrected chi connectivity index (χ0v) is 12.1. The SMILES string of the molecule is CN(CCO)C(=O)Nc1ccccc1Oc1cccc(F)c1. The highest BCUT2D eigenvalue weighted by Crippen LogP contribution is 2.29. The molecule has 0 aliphatic carbocycles. The van der Waals surface area contributed by atoms with Gasteiger partial charge < -0.3 is 20.1 Å². The molecule has 0 unspecified atom stereocenters. The van der Waals surface area contributed by atoms with E-state index >= 15 is 0 Å². The normalized spacial score (nSPS) is 10.1. The molecule has 0 heterocycles. The van der Waals surface area contributed by atoms with Gasteiger partial charge in [-0.15, -0.1) is 0 Å². The lowest BCUT2D eigenvalue weighted by Crippen LogP contribution is -2.33. The van der Waals surface area contributed by atoms with Crippen LogP contribution in [0.3, 0.4) is 0 Å². The Morgan fingerprint density at radius 2 is 2.05 bits per heavy atom. The van der Waals surface area contributed by atoms with Crippen LogP contribution in [-0.2, 0) is 0 Å². The van der Waals surface area contributed by atoms with E-state index < -0.39 is 5.82 Å². The molecule has 0 aliphatic rings. The predicted octanol–water partition coefficient (Wildman–Crippen LogP) is 3.07. The molecule has 2 aromatic rings. The highest BCUT2D eigenvalue weighted by Gasteiger charge is 2.11. The molecule has 2 aromatic carbocycles.